The van der Waals surface area contributed by atoms with Gasteiger partial charge in [0.15, 0.2) is 0 Å². The SMILES string of the molecule is C=CC(SSC)(c1ccccc1)c1ccccc1. The van der Waals surface area contributed by atoms with Gasteiger partial charge in [-0.05, 0) is 17.4 Å². The third kappa shape index (κ3) is 2.50. The van der Waals surface area contributed by atoms with Crippen LogP contribution >= 0.6 is 21.6 Å². The van der Waals surface area contributed by atoms with Gasteiger partial charge in [-0.3, -0.25) is 0 Å². The molecule has 0 bridgehead atoms. The molecular formula is C16H16S2. The molecule has 0 N–H and O–H groups in total. The van der Waals surface area contributed by atoms with E-state index in [1.54, 1.807) is 10.8 Å². The van der Waals surface area contributed by atoms with E-state index in [4.69, 9.17) is 0 Å². The molecule has 0 saturated heterocycles. The second-order valence-electron chi connectivity index (χ2n) is 3.92. The lowest BCUT2D eigenvalue weighted by Gasteiger charge is -2.30. The van der Waals surface area contributed by atoms with E-state index in [1.165, 1.54) is 11.1 Å². The van der Waals surface area contributed by atoms with Crippen LogP contribution < -0.4 is 0 Å². The Hall–Kier alpha value is -1.12. The summed E-state index contributed by atoms with van der Waals surface area (Å²) in [5.74, 6) is 0. The fraction of sp³-hybridized carbons (Fsp3) is 0.125. The fourth-order valence-corrected chi connectivity index (χ4v) is 4.40. The molecule has 0 aliphatic heterocycles. The van der Waals surface area contributed by atoms with E-state index in [0.717, 1.165) is 0 Å². The largest absolute Gasteiger partial charge is 0.101 e. The highest BCUT2D eigenvalue weighted by atomic mass is 33.1. The zero-order valence-corrected chi connectivity index (χ0v) is 12.0. The van der Waals surface area contributed by atoms with Crippen molar-refractivity contribution in [3.8, 4) is 0 Å². The first-order valence-electron chi connectivity index (χ1n) is 5.80. The van der Waals surface area contributed by atoms with Crippen LogP contribution in [0.3, 0.4) is 0 Å². The van der Waals surface area contributed by atoms with Gasteiger partial charge in [-0.2, -0.15) is 0 Å². The van der Waals surface area contributed by atoms with Crippen LogP contribution in [-0.2, 0) is 4.75 Å². The summed E-state index contributed by atoms with van der Waals surface area (Å²) in [6, 6.07) is 21.1. The lowest BCUT2D eigenvalue weighted by Crippen LogP contribution is -2.19. The van der Waals surface area contributed by atoms with Crippen molar-refractivity contribution in [2.75, 3.05) is 6.26 Å². The fourth-order valence-electron chi connectivity index (χ4n) is 2.04. The van der Waals surface area contributed by atoms with Crippen molar-refractivity contribution in [3.05, 3.63) is 84.4 Å². The molecule has 0 heterocycles. The minimum atomic E-state index is -0.179. The number of hydrogen-bond donors (Lipinski definition) is 0. The zero-order chi connectivity index (χ0) is 12.8. The Bertz CT molecular complexity index is 452. The molecule has 2 aromatic rings. The molecule has 2 heteroatoms. The lowest BCUT2D eigenvalue weighted by molar-refractivity contribution is 0.951. The van der Waals surface area contributed by atoms with Gasteiger partial charge in [-0.1, -0.05) is 88.3 Å². The zero-order valence-electron chi connectivity index (χ0n) is 10.4. The second kappa shape index (κ2) is 6.17. The Morgan fingerprint density at radius 1 is 0.889 bits per heavy atom. The molecule has 92 valence electrons. The lowest BCUT2D eigenvalue weighted by atomic mass is 9.90. The summed E-state index contributed by atoms with van der Waals surface area (Å²) in [4.78, 5) is 0. The van der Waals surface area contributed by atoms with Crippen molar-refractivity contribution in [2.24, 2.45) is 0 Å². The van der Waals surface area contributed by atoms with E-state index >= 15 is 0 Å². The van der Waals surface area contributed by atoms with Gasteiger partial charge in [0, 0.05) is 0 Å². The highest BCUT2D eigenvalue weighted by molar-refractivity contribution is 8.76. The van der Waals surface area contributed by atoms with Crippen LogP contribution in [0.1, 0.15) is 11.1 Å². The smallest absolute Gasteiger partial charge is 0.0938 e. The Labute approximate surface area is 117 Å². The van der Waals surface area contributed by atoms with Gasteiger partial charge in [-0.25, -0.2) is 0 Å². The molecule has 0 atom stereocenters. The molecule has 0 saturated carbocycles. The van der Waals surface area contributed by atoms with Gasteiger partial charge in [0.25, 0.3) is 0 Å². The minimum Gasteiger partial charge on any atom is -0.101 e. The van der Waals surface area contributed by atoms with Crippen LogP contribution in [0, 0.1) is 0 Å². The third-order valence-electron chi connectivity index (χ3n) is 2.91. The maximum Gasteiger partial charge on any atom is 0.0938 e. The molecule has 0 unspecified atom stereocenters. The van der Waals surface area contributed by atoms with Crippen LogP contribution in [-0.4, -0.2) is 6.26 Å². The van der Waals surface area contributed by atoms with E-state index in [1.807, 2.05) is 29.0 Å². The standard InChI is InChI=1S/C16H16S2/c1-3-16(18-17-2,14-10-6-4-7-11-14)15-12-8-5-9-13-15/h3-13H,1H2,2H3. The molecule has 0 amide bonds. The van der Waals surface area contributed by atoms with Crippen LogP contribution in [0.15, 0.2) is 73.3 Å². The molecule has 0 aliphatic carbocycles. The second-order valence-corrected chi connectivity index (χ2v) is 6.57. The van der Waals surface area contributed by atoms with E-state index in [-0.39, 0.29) is 4.75 Å². The Balaban J connectivity index is 2.57. The Morgan fingerprint density at radius 2 is 1.33 bits per heavy atom. The van der Waals surface area contributed by atoms with Crippen molar-refractivity contribution in [2.45, 2.75) is 4.75 Å². The summed E-state index contributed by atoms with van der Waals surface area (Å²) in [6.07, 6.45) is 4.15. The number of hydrogen-bond acceptors (Lipinski definition) is 2. The van der Waals surface area contributed by atoms with Crippen LogP contribution in [0.4, 0.5) is 0 Å². The van der Waals surface area contributed by atoms with Crippen molar-refractivity contribution in [1.82, 2.24) is 0 Å². The highest BCUT2D eigenvalue weighted by Gasteiger charge is 2.31. The molecule has 0 nitrogen and oxygen atoms in total. The molecule has 0 fully saturated rings. The van der Waals surface area contributed by atoms with Crippen LogP contribution in [0.5, 0.6) is 0 Å². The molecule has 18 heavy (non-hydrogen) atoms. The maximum absolute atomic E-state index is 4.07. The normalized spacial score (nSPS) is 11.2. The van der Waals surface area contributed by atoms with Gasteiger partial charge < -0.3 is 0 Å². The summed E-state index contributed by atoms with van der Waals surface area (Å²) in [5, 5.41) is 0. The predicted octanol–water partition coefficient (Wildman–Crippen LogP) is 5.13. The van der Waals surface area contributed by atoms with Crippen molar-refractivity contribution in [3.63, 3.8) is 0 Å². The maximum atomic E-state index is 4.07. The summed E-state index contributed by atoms with van der Waals surface area (Å²) < 4.78 is -0.179. The van der Waals surface area contributed by atoms with E-state index < -0.39 is 0 Å². The molecular weight excluding hydrogens is 256 g/mol. The topological polar surface area (TPSA) is 0 Å². The molecule has 0 aliphatic rings. The van der Waals surface area contributed by atoms with E-state index in [0.29, 0.717) is 0 Å². The highest BCUT2D eigenvalue weighted by Crippen LogP contribution is 2.48. The Morgan fingerprint density at radius 3 is 1.67 bits per heavy atom. The van der Waals surface area contributed by atoms with Crippen LogP contribution in [0.25, 0.3) is 0 Å². The first-order chi connectivity index (χ1) is 8.83. The summed E-state index contributed by atoms with van der Waals surface area (Å²) in [6.45, 7) is 4.07. The predicted molar refractivity (Wildman–Crippen MR) is 85.0 cm³/mol. The first kappa shape index (κ1) is 13.3. The molecule has 0 spiro atoms. The number of benzene rings is 2. The van der Waals surface area contributed by atoms with Crippen molar-refractivity contribution < 1.29 is 0 Å². The summed E-state index contributed by atoms with van der Waals surface area (Å²) >= 11 is 0. The Kier molecular flexibility index (Phi) is 4.56. The van der Waals surface area contributed by atoms with Crippen molar-refractivity contribution in [1.29, 1.82) is 0 Å². The third-order valence-corrected chi connectivity index (χ3v) is 5.26. The monoisotopic (exact) mass is 272 g/mol. The minimum absolute atomic E-state index is 0.179. The van der Waals surface area contributed by atoms with Gasteiger partial charge in [0.1, 0.15) is 0 Å². The number of rotatable bonds is 5. The molecule has 2 rings (SSSR count). The quantitative estimate of drug-likeness (QED) is 0.547. The van der Waals surface area contributed by atoms with Gasteiger partial charge in [-0.15, -0.1) is 6.58 Å². The van der Waals surface area contributed by atoms with E-state index in [2.05, 4.69) is 61.4 Å². The van der Waals surface area contributed by atoms with Gasteiger partial charge in [0.05, 0.1) is 4.75 Å². The average molecular weight is 272 g/mol. The van der Waals surface area contributed by atoms with E-state index in [9.17, 15) is 0 Å². The average Bonchev–Trinajstić information content (AvgIpc) is 2.47. The van der Waals surface area contributed by atoms with Gasteiger partial charge >= 0.3 is 0 Å². The molecule has 0 aromatic heterocycles. The molecule has 2 aromatic carbocycles. The summed E-state index contributed by atoms with van der Waals surface area (Å²) in [7, 11) is 3.60. The van der Waals surface area contributed by atoms with Gasteiger partial charge in [0.2, 0.25) is 0 Å². The first-order valence-corrected chi connectivity index (χ1v) is 8.36. The van der Waals surface area contributed by atoms with Crippen LogP contribution in [0.2, 0.25) is 0 Å². The summed E-state index contributed by atoms with van der Waals surface area (Å²) in [5.41, 5.74) is 2.54. The van der Waals surface area contributed by atoms with Crippen molar-refractivity contribution >= 4 is 21.6 Å². The molecule has 0 radical (unpaired) electrons.